The average Bonchev–Trinajstić information content (AvgIpc) is 2.92. The Bertz CT molecular complexity index is 718. The van der Waals surface area contributed by atoms with Crippen molar-refractivity contribution in [3.05, 3.63) is 64.8 Å². The molecule has 1 unspecified atom stereocenters. The van der Waals surface area contributed by atoms with E-state index in [9.17, 15) is 0 Å². The van der Waals surface area contributed by atoms with Gasteiger partial charge in [-0.2, -0.15) is 0 Å². The molecule has 0 fully saturated rings. The molecule has 1 aromatic heterocycles. The number of rotatable bonds is 4. The molecule has 2 nitrogen and oxygen atoms in total. The molecular weight excluding hydrogens is 312 g/mol. The molecule has 2 N–H and O–H groups in total. The van der Waals surface area contributed by atoms with Gasteiger partial charge in [-0.15, -0.1) is 0 Å². The molecule has 0 saturated carbocycles. The van der Waals surface area contributed by atoms with E-state index >= 15 is 0 Å². The smallest absolute Gasteiger partial charge is 0.0511 e. The highest BCUT2D eigenvalue weighted by Gasteiger charge is 2.09. The fraction of sp³-hybridized carbons (Fsp3) is 0.176. The number of H-pyrrole nitrogens is 1. The van der Waals surface area contributed by atoms with Crippen molar-refractivity contribution < 1.29 is 0 Å². The van der Waals surface area contributed by atoms with Crippen LogP contribution in [-0.4, -0.2) is 4.98 Å². The second-order valence-corrected chi connectivity index (χ2v) is 5.86. The van der Waals surface area contributed by atoms with Gasteiger partial charge in [-0.1, -0.05) is 35.0 Å². The summed E-state index contributed by atoms with van der Waals surface area (Å²) in [6, 6.07) is 17.3. The lowest BCUT2D eigenvalue weighted by Gasteiger charge is -2.19. The van der Waals surface area contributed by atoms with E-state index in [-0.39, 0.29) is 0 Å². The van der Waals surface area contributed by atoms with Crippen LogP contribution >= 0.6 is 15.9 Å². The van der Waals surface area contributed by atoms with Crippen LogP contribution in [0.25, 0.3) is 10.9 Å². The molecule has 0 bridgehead atoms. The first-order chi connectivity index (χ1) is 9.76. The van der Waals surface area contributed by atoms with Crippen LogP contribution in [0.15, 0.2) is 59.2 Å². The Kier molecular flexibility index (Phi) is 3.79. The first-order valence-electron chi connectivity index (χ1n) is 6.85. The van der Waals surface area contributed by atoms with Crippen LogP contribution in [0.5, 0.6) is 0 Å². The van der Waals surface area contributed by atoms with Crippen molar-refractivity contribution in [2.45, 2.75) is 19.4 Å². The Morgan fingerprint density at radius 1 is 1.15 bits per heavy atom. The number of benzene rings is 2. The zero-order valence-corrected chi connectivity index (χ0v) is 12.9. The SMILES string of the molecule is CCC(Nc1ccc2[nH]ccc2c1)c1cccc(Br)c1. The summed E-state index contributed by atoms with van der Waals surface area (Å²) in [5.41, 5.74) is 3.63. The zero-order chi connectivity index (χ0) is 13.9. The van der Waals surface area contributed by atoms with Crippen molar-refractivity contribution in [1.29, 1.82) is 0 Å². The summed E-state index contributed by atoms with van der Waals surface area (Å²) in [5, 5.41) is 4.85. The van der Waals surface area contributed by atoms with Gasteiger partial charge in [0.1, 0.15) is 0 Å². The van der Waals surface area contributed by atoms with Gasteiger partial charge in [0.05, 0.1) is 6.04 Å². The van der Waals surface area contributed by atoms with Gasteiger partial charge < -0.3 is 10.3 Å². The fourth-order valence-corrected chi connectivity index (χ4v) is 2.91. The Hall–Kier alpha value is -1.74. The highest BCUT2D eigenvalue weighted by molar-refractivity contribution is 9.10. The Balaban J connectivity index is 1.87. The van der Waals surface area contributed by atoms with E-state index in [4.69, 9.17) is 0 Å². The third kappa shape index (κ3) is 2.73. The average molecular weight is 329 g/mol. The molecule has 0 spiro atoms. The minimum atomic E-state index is 0.323. The minimum Gasteiger partial charge on any atom is -0.378 e. The van der Waals surface area contributed by atoms with Gasteiger partial charge in [-0.05, 0) is 48.4 Å². The van der Waals surface area contributed by atoms with E-state index in [0.717, 1.165) is 16.6 Å². The number of hydrogen-bond donors (Lipinski definition) is 2. The summed E-state index contributed by atoms with van der Waals surface area (Å²) in [6.07, 6.45) is 3.02. The maximum Gasteiger partial charge on any atom is 0.0511 e. The monoisotopic (exact) mass is 328 g/mol. The first-order valence-corrected chi connectivity index (χ1v) is 7.64. The molecule has 20 heavy (non-hydrogen) atoms. The largest absolute Gasteiger partial charge is 0.378 e. The van der Waals surface area contributed by atoms with Gasteiger partial charge in [0.25, 0.3) is 0 Å². The van der Waals surface area contributed by atoms with E-state index in [1.54, 1.807) is 0 Å². The zero-order valence-electron chi connectivity index (χ0n) is 11.4. The van der Waals surface area contributed by atoms with Crippen molar-refractivity contribution in [3.8, 4) is 0 Å². The molecule has 2 aromatic carbocycles. The third-order valence-corrected chi connectivity index (χ3v) is 4.05. The highest BCUT2D eigenvalue weighted by atomic mass is 79.9. The van der Waals surface area contributed by atoms with Crippen LogP contribution in [-0.2, 0) is 0 Å². The quantitative estimate of drug-likeness (QED) is 0.650. The number of halogens is 1. The number of nitrogens with one attached hydrogen (secondary N) is 2. The van der Waals surface area contributed by atoms with E-state index in [1.165, 1.54) is 16.5 Å². The molecule has 0 radical (unpaired) electrons. The first kappa shape index (κ1) is 13.3. The van der Waals surface area contributed by atoms with E-state index < -0.39 is 0 Å². The van der Waals surface area contributed by atoms with E-state index in [0.29, 0.717) is 6.04 Å². The number of anilines is 1. The maximum absolute atomic E-state index is 3.62. The Morgan fingerprint density at radius 2 is 2.05 bits per heavy atom. The number of aromatic nitrogens is 1. The van der Waals surface area contributed by atoms with Crippen LogP contribution in [0.2, 0.25) is 0 Å². The summed E-state index contributed by atoms with van der Waals surface area (Å²) in [5.74, 6) is 0. The summed E-state index contributed by atoms with van der Waals surface area (Å²) >= 11 is 3.54. The Morgan fingerprint density at radius 3 is 2.85 bits per heavy atom. The van der Waals surface area contributed by atoms with Gasteiger partial charge in [0, 0.05) is 27.3 Å². The van der Waals surface area contributed by atoms with Gasteiger partial charge in [-0.25, -0.2) is 0 Å². The van der Waals surface area contributed by atoms with Crippen LogP contribution in [0.4, 0.5) is 5.69 Å². The predicted molar refractivity (Wildman–Crippen MR) is 89.1 cm³/mol. The van der Waals surface area contributed by atoms with E-state index in [2.05, 4.69) is 81.7 Å². The molecule has 1 atom stereocenters. The second kappa shape index (κ2) is 5.71. The summed E-state index contributed by atoms with van der Waals surface area (Å²) in [6.45, 7) is 2.20. The van der Waals surface area contributed by atoms with Gasteiger partial charge in [0.15, 0.2) is 0 Å². The minimum absolute atomic E-state index is 0.323. The fourth-order valence-electron chi connectivity index (χ4n) is 2.49. The van der Waals surface area contributed by atoms with Crippen LogP contribution < -0.4 is 5.32 Å². The van der Waals surface area contributed by atoms with Gasteiger partial charge in [-0.3, -0.25) is 0 Å². The van der Waals surface area contributed by atoms with Crippen LogP contribution in [0.3, 0.4) is 0 Å². The standard InChI is InChI=1S/C17H17BrN2/c1-2-16(12-4-3-5-14(18)10-12)20-15-6-7-17-13(11-15)8-9-19-17/h3-11,16,19-20H,2H2,1H3. The van der Waals surface area contributed by atoms with Crippen molar-refractivity contribution in [3.63, 3.8) is 0 Å². The molecule has 3 aromatic rings. The molecule has 0 amide bonds. The summed E-state index contributed by atoms with van der Waals surface area (Å²) < 4.78 is 1.12. The second-order valence-electron chi connectivity index (χ2n) is 4.94. The van der Waals surface area contributed by atoms with Crippen LogP contribution in [0, 0.1) is 0 Å². The van der Waals surface area contributed by atoms with Crippen LogP contribution in [0.1, 0.15) is 24.9 Å². The lowest BCUT2D eigenvalue weighted by atomic mass is 10.0. The number of hydrogen-bond acceptors (Lipinski definition) is 1. The molecular formula is C17H17BrN2. The molecule has 1 heterocycles. The van der Waals surface area contributed by atoms with E-state index in [1.807, 2.05) is 6.20 Å². The lowest BCUT2D eigenvalue weighted by Crippen LogP contribution is -2.09. The summed E-state index contributed by atoms with van der Waals surface area (Å²) in [4.78, 5) is 3.22. The molecule has 0 aliphatic carbocycles. The van der Waals surface area contributed by atoms with Crippen molar-refractivity contribution in [2.75, 3.05) is 5.32 Å². The Labute approximate surface area is 127 Å². The molecule has 0 aliphatic rings. The number of aromatic amines is 1. The van der Waals surface area contributed by atoms with Crippen molar-refractivity contribution >= 4 is 32.5 Å². The lowest BCUT2D eigenvalue weighted by molar-refractivity contribution is 0.749. The topological polar surface area (TPSA) is 27.8 Å². The molecule has 0 saturated heterocycles. The normalized spacial score (nSPS) is 12.5. The molecule has 3 rings (SSSR count). The van der Waals surface area contributed by atoms with Gasteiger partial charge in [0.2, 0.25) is 0 Å². The van der Waals surface area contributed by atoms with Crippen molar-refractivity contribution in [1.82, 2.24) is 4.98 Å². The summed E-state index contributed by atoms with van der Waals surface area (Å²) in [7, 11) is 0. The highest BCUT2D eigenvalue weighted by Crippen LogP contribution is 2.26. The maximum atomic E-state index is 3.62. The molecule has 102 valence electrons. The third-order valence-electron chi connectivity index (χ3n) is 3.55. The molecule has 3 heteroatoms. The predicted octanol–water partition coefficient (Wildman–Crippen LogP) is 5.49. The van der Waals surface area contributed by atoms with Crippen molar-refractivity contribution in [2.24, 2.45) is 0 Å². The van der Waals surface area contributed by atoms with Gasteiger partial charge >= 0.3 is 0 Å². The molecule has 0 aliphatic heterocycles. The number of fused-ring (bicyclic) bond motifs is 1.